The van der Waals surface area contributed by atoms with Crippen molar-refractivity contribution in [1.29, 1.82) is 0 Å². The molecular weight excluding hydrogens is 353 g/mol. The zero-order valence-corrected chi connectivity index (χ0v) is 14.6. The molecule has 0 unspecified atom stereocenters. The smallest absolute Gasteiger partial charge is 0.433 e. The average Bonchev–Trinajstić information content (AvgIpc) is 2.59. The quantitative estimate of drug-likeness (QED) is 0.872. The van der Waals surface area contributed by atoms with Crippen molar-refractivity contribution in [3.05, 3.63) is 23.3 Å². The minimum absolute atomic E-state index is 0.00564. The van der Waals surface area contributed by atoms with Gasteiger partial charge in [-0.2, -0.15) is 13.2 Å². The number of ether oxygens (including phenoxy) is 1. The number of carbonyl (C=O) groups excluding carboxylic acids is 2. The first-order valence-electron chi connectivity index (χ1n) is 8.26. The maximum Gasteiger partial charge on any atom is 0.433 e. The summed E-state index contributed by atoms with van der Waals surface area (Å²) in [5.74, 6) is -0.357. The summed E-state index contributed by atoms with van der Waals surface area (Å²) in [5.41, 5.74) is -0.798. The molecule has 26 heavy (non-hydrogen) atoms. The predicted molar refractivity (Wildman–Crippen MR) is 85.2 cm³/mol. The molecule has 2 amide bonds. The second kappa shape index (κ2) is 8.33. The van der Waals surface area contributed by atoms with E-state index in [9.17, 15) is 22.8 Å². The molecule has 1 saturated heterocycles. The number of aromatic nitrogens is 2. The van der Waals surface area contributed by atoms with Gasteiger partial charge in [-0.3, -0.25) is 9.69 Å². The second-order valence-corrected chi connectivity index (χ2v) is 6.02. The summed E-state index contributed by atoms with van der Waals surface area (Å²) in [7, 11) is 1.25. The first kappa shape index (κ1) is 19.9. The highest BCUT2D eigenvalue weighted by atomic mass is 19.4. The molecule has 1 aliphatic rings. The van der Waals surface area contributed by atoms with Crippen LogP contribution in [0.1, 0.15) is 36.5 Å². The Morgan fingerprint density at radius 1 is 1.35 bits per heavy atom. The van der Waals surface area contributed by atoms with Crippen molar-refractivity contribution < 1.29 is 27.5 Å². The summed E-state index contributed by atoms with van der Waals surface area (Å²) in [5, 5.41) is 2.64. The monoisotopic (exact) mass is 374 g/mol. The number of likely N-dealkylation sites (tertiary alicyclic amines) is 1. The summed E-state index contributed by atoms with van der Waals surface area (Å²) < 4.78 is 43.0. The van der Waals surface area contributed by atoms with Crippen molar-refractivity contribution in [2.45, 2.75) is 44.8 Å². The topological polar surface area (TPSA) is 84.4 Å². The molecule has 0 spiro atoms. The van der Waals surface area contributed by atoms with Gasteiger partial charge in [-0.1, -0.05) is 0 Å². The molecule has 10 heteroatoms. The van der Waals surface area contributed by atoms with Gasteiger partial charge in [-0.25, -0.2) is 14.8 Å². The first-order valence-corrected chi connectivity index (χ1v) is 8.26. The van der Waals surface area contributed by atoms with Crippen LogP contribution in [0.15, 0.2) is 6.07 Å². The summed E-state index contributed by atoms with van der Waals surface area (Å²) in [6.07, 6.45) is -2.95. The van der Waals surface area contributed by atoms with E-state index in [-0.39, 0.29) is 30.4 Å². The molecule has 1 aliphatic heterocycles. The minimum Gasteiger partial charge on any atom is -0.453 e. The molecule has 1 aromatic heterocycles. The van der Waals surface area contributed by atoms with Gasteiger partial charge in [0.05, 0.1) is 7.11 Å². The van der Waals surface area contributed by atoms with Crippen LogP contribution in [-0.2, 0) is 22.1 Å². The summed E-state index contributed by atoms with van der Waals surface area (Å²) in [4.78, 5) is 32.9. The SMILES string of the molecule is COC(=O)N1CCCC[C@@H]1C(=O)NCCc1nc(C)cc(C(F)(F)F)n1. The van der Waals surface area contributed by atoms with Crippen LogP contribution in [0.2, 0.25) is 0 Å². The average molecular weight is 374 g/mol. The number of hydrogen-bond donors (Lipinski definition) is 1. The molecule has 2 heterocycles. The van der Waals surface area contributed by atoms with Crippen LogP contribution in [0.3, 0.4) is 0 Å². The number of piperidine rings is 1. The molecule has 0 saturated carbocycles. The molecule has 0 aromatic carbocycles. The second-order valence-electron chi connectivity index (χ2n) is 6.02. The summed E-state index contributed by atoms with van der Waals surface area (Å²) in [6, 6.07) is 0.235. The van der Waals surface area contributed by atoms with Crippen LogP contribution >= 0.6 is 0 Å². The van der Waals surface area contributed by atoms with Gasteiger partial charge >= 0.3 is 12.3 Å². The van der Waals surface area contributed by atoms with Gasteiger partial charge in [0.1, 0.15) is 17.6 Å². The van der Waals surface area contributed by atoms with Gasteiger partial charge < -0.3 is 10.1 Å². The molecule has 0 radical (unpaired) electrons. The Labute approximate surface area is 148 Å². The highest BCUT2D eigenvalue weighted by Gasteiger charge is 2.34. The highest BCUT2D eigenvalue weighted by Crippen LogP contribution is 2.27. The molecule has 1 atom stereocenters. The largest absolute Gasteiger partial charge is 0.453 e. The van der Waals surface area contributed by atoms with E-state index < -0.39 is 24.0 Å². The number of halogens is 3. The van der Waals surface area contributed by atoms with Gasteiger partial charge in [-0.05, 0) is 32.3 Å². The Morgan fingerprint density at radius 3 is 2.73 bits per heavy atom. The van der Waals surface area contributed by atoms with Crippen LogP contribution in [0, 0.1) is 6.92 Å². The van der Waals surface area contributed by atoms with Gasteiger partial charge in [0.2, 0.25) is 5.91 Å². The fraction of sp³-hybridized carbons (Fsp3) is 0.625. The van der Waals surface area contributed by atoms with Gasteiger partial charge in [0.25, 0.3) is 0 Å². The molecule has 0 aliphatic carbocycles. The molecule has 2 rings (SSSR count). The number of nitrogens with zero attached hydrogens (tertiary/aromatic N) is 3. The van der Waals surface area contributed by atoms with E-state index in [1.165, 1.54) is 18.9 Å². The normalized spacial score (nSPS) is 17.7. The standard InChI is InChI=1S/C16H21F3N4O3/c1-10-9-12(16(17,18)19)22-13(21-10)6-7-20-14(24)11-5-3-4-8-23(11)15(25)26-2/h9,11H,3-8H2,1-2H3,(H,20,24)/t11-/m1/s1. The molecule has 7 nitrogen and oxygen atoms in total. The van der Waals surface area contributed by atoms with Gasteiger partial charge in [-0.15, -0.1) is 0 Å². The number of nitrogens with one attached hydrogen (secondary N) is 1. The molecule has 1 N–H and O–H groups in total. The third-order valence-electron chi connectivity index (χ3n) is 4.05. The number of hydrogen-bond acceptors (Lipinski definition) is 5. The highest BCUT2D eigenvalue weighted by molar-refractivity contribution is 5.85. The molecule has 0 bridgehead atoms. The number of rotatable bonds is 4. The van der Waals surface area contributed by atoms with Crippen molar-refractivity contribution in [2.24, 2.45) is 0 Å². The Morgan fingerprint density at radius 2 is 2.08 bits per heavy atom. The van der Waals surface area contributed by atoms with Crippen LogP contribution in [0.4, 0.5) is 18.0 Å². The lowest BCUT2D eigenvalue weighted by Crippen LogP contribution is -2.52. The fourth-order valence-corrected chi connectivity index (χ4v) is 2.84. The summed E-state index contributed by atoms with van der Waals surface area (Å²) >= 11 is 0. The van der Waals surface area contributed by atoms with Crippen molar-refractivity contribution in [1.82, 2.24) is 20.2 Å². The van der Waals surface area contributed by atoms with E-state index in [0.717, 1.165) is 18.9 Å². The zero-order valence-electron chi connectivity index (χ0n) is 14.6. The van der Waals surface area contributed by atoms with Crippen LogP contribution in [0.25, 0.3) is 0 Å². The Kier molecular flexibility index (Phi) is 6.38. The van der Waals surface area contributed by atoms with E-state index in [1.54, 1.807) is 0 Å². The molecule has 1 fully saturated rings. The Hall–Kier alpha value is -2.39. The maximum atomic E-state index is 12.8. The Bertz CT molecular complexity index is 667. The van der Waals surface area contributed by atoms with Crippen molar-refractivity contribution >= 4 is 12.0 Å². The van der Waals surface area contributed by atoms with Crippen molar-refractivity contribution in [3.8, 4) is 0 Å². The summed E-state index contributed by atoms with van der Waals surface area (Å²) in [6.45, 7) is 1.96. The molecular formula is C16H21F3N4O3. The van der Waals surface area contributed by atoms with Crippen molar-refractivity contribution in [3.63, 3.8) is 0 Å². The third kappa shape index (κ3) is 5.06. The van der Waals surface area contributed by atoms with E-state index in [0.29, 0.717) is 13.0 Å². The predicted octanol–water partition coefficient (Wildman–Crippen LogP) is 2.08. The Balaban J connectivity index is 1.95. The number of alkyl halides is 3. The van der Waals surface area contributed by atoms with Crippen LogP contribution in [0.5, 0.6) is 0 Å². The lowest BCUT2D eigenvalue weighted by atomic mass is 10.0. The van der Waals surface area contributed by atoms with Crippen LogP contribution < -0.4 is 5.32 Å². The van der Waals surface area contributed by atoms with E-state index >= 15 is 0 Å². The number of aryl methyl sites for hydroxylation is 1. The molecule has 1 aromatic rings. The maximum absolute atomic E-state index is 12.8. The number of methoxy groups -OCH3 is 1. The first-order chi connectivity index (χ1) is 12.2. The van der Waals surface area contributed by atoms with E-state index in [2.05, 4.69) is 20.0 Å². The third-order valence-corrected chi connectivity index (χ3v) is 4.05. The number of amides is 2. The fourth-order valence-electron chi connectivity index (χ4n) is 2.84. The molecule has 144 valence electrons. The minimum atomic E-state index is -4.55. The van der Waals surface area contributed by atoms with Crippen LogP contribution in [-0.4, -0.2) is 53.1 Å². The van der Waals surface area contributed by atoms with Gasteiger partial charge in [0, 0.05) is 25.2 Å². The number of carbonyl (C=O) groups is 2. The zero-order chi connectivity index (χ0) is 19.3. The lowest BCUT2D eigenvalue weighted by Gasteiger charge is -2.33. The lowest BCUT2D eigenvalue weighted by molar-refractivity contribution is -0.141. The van der Waals surface area contributed by atoms with E-state index in [4.69, 9.17) is 0 Å². The van der Waals surface area contributed by atoms with E-state index in [1.807, 2.05) is 0 Å². The van der Waals surface area contributed by atoms with Gasteiger partial charge in [0.15, 0.2) is 0 Å². The van der Waals surface area contributed by atoms with Crippen molar-refractivity contribution in [2.75, 3.05) is 20.2 Å².